The summed E-state index contributed by atoms with van der Waals surface area (Å²) < 4.78 is 0. The number of hydrogen-bond acceptors (Lipinski definition) is 2. The molecule has 1 rings (SSSR count). The number of carbonyl (C=O) groups is 2. The molecule has 92 valence electrons. The number of nitrogens with one attached hydrogen (secondary N) is 1. The smallest absolute Gasteiger partial charge is 0.306 e. The van der Waals surface area contributed by atoms with Gasteiger partial charge in [0, 0.05) is 12.5 Å². The predicted molar refractivity (Wildman–Crippen MR) is 61.0 cm³/mol. The summed E-state index contributed by atoms with van der Waals surface area (Å²) in [5.41, 5.74) is 0. The summed E-state index contributed by atoms with van der Waals surface area (Å²) in [7, 11) is 0. The number of hydrogen-bond donors (Lipinski definition) is 2. The minimum atomic E-state index is -0.828. The molecule has 1 aliphatic carbocycles. The van der Waals surface area contributed by atoms with Gasteiger partial charge in [-0.1, -0.05) is 26.2 Å². The van der Waals surface area contributed by atoms with Crippen LogP contribution in [0.4, 0.5) is 0 Å². The third kappa shape index (κ3) is 4.64. The monoisotopic (exact) mass is 227 g/mol. The van der Waals surface area contributed by atoms with E-state index in [9.17, 15) is 9.59 Å². The Hall–Kier alpha value is -1.06. The van der Waals surface area contributed by atoms with Gasteiger partial charge in [-0.3, -0.25) is 9.59 Å². The van der Waals surface area contributed by atoms with Gasteiger partial charge in [0.05, 0.1) is 5.92 Å². The van der Waals surface area contributed by atoms with E-state index in [2.05, 4.69) is 5.32 Å². The highest BCUT2D eigenvalue weighted by molar-refractivity contribution is 5.77. The van der Waals surface area contributed by atoms with E-state index in [-0.39, 0.29) is 5.91 Å². The average molecular weight is 227 g/mol. The standard InChI is InChI=1S/C12H21NO3/c1-9(12(15)16)7-8-11(14)13-10-5-3-2-4-6-10/h9-10H,2-8H2,1H3,(H,13,14)(H,15,16)/t9-/m1/s1. The molecule has 4 nitrogen and oxygen atoms in total. The van der Waals surface area contributed by atoms with E-state index in [0.717, 1.165) is 12.8 Å². The van der Waals surface area contributed by atoms with E-state index < -0.39 is 11.9 Å². The molecule has 0 bridgehead atoms. The van der Waals surface area contributed by atoms with Crippen molar-refractivity contribution >= 4 is 11.9 Å². The lowest BCUT2D eigenvalue weighted by Crippen LogP contribution is -2.36. The summed E-state index contributed by atoms with van der Waals surface area (Å²) in [6.07, 6.45) is 6.54. The van der Waals surface area contributed by atoms with Gasteiger partial charge in [-0.2, -0.15) is 0 Å². The van der Waals surface area contributed by atoms with Crippen LogP contribution in [0.25, 0.3) is 0 Å². The van der Waals surface area contributed by atoms with Gasteiger partial charge in [0.2, 0.25) is 5.91 Å². The van der Waals surface area contributed by atoms with Crippen molar-refractivity contribution in [1.82, 2.24) is 5.32 Å². The fourth-order valence-corrected chi connectivity index (χ4v) is 2.02. The van der Waals surface area contributed by atoms with Crippen molar-refractivity contribution in [3.63, 3.8) is 0 Å². The van der Waals surface area contributed by atoms with Crippen LogP contribution < -0.4 is 5.32 Å². The normalized spacial score (nSPS) is 19.1. The Balaban J connectivity index is 2.17. The number of carboxylic acids is 1. The quantitative estimate of drug-likeness (QED) is 0.754. The zero-order valence-electron chi connectivity index (χ0n) is 9.87. The molecule has 0 radical (unpaired) electrons. The van der Waals surface area contributed by atoms with Crippen LogP contribution in [0.15, 0.2) is 0 Å². The van der Waals surface area contributed by atoms with E-state index in [1.807, 2.05) is 0 Å². The fourth-order valence-electron chi connectivity index (χ4n) is 2.02. The number of rotatable bonds is 5. The first-order valence-corrected chi connectivity index (χ1v) is 6.11. The molecule has 1 atom stereocenters. The predicted octanol–water partition coefficient (Wildman–Crippen LogP) is 1.94. The maximum absolute atomic E-state index is 11.5. The van der Waals surface area contributed by atoms with Gasteiger partial charge in [0.25, 0.3) is 0 Å². The zero-order chi connectivity index (χ0) is 12.0. The van der Waals surface area contributed by atoms with Crippen LogP contribution >= 0.6 is 0 Å². The molecule has 2 N–H and O–H groups in total. The molecule has 0 aromatic rings. The Morgan fingerprint density at radius 2 is 1.94 bits per heavy atom. The minimum absolute atomic E-state index is 0. The van der Waals surface area contributed by atoms with Gasteiger partial charge in [-0.15, -0.1) is 0 Å². The zero-order valence-corrected chi connectivity index (χ0v) is 9.87. The maximum atomic E-state index is 11.5. The highest BCUT2D eigenvalue weighted by atomic mass is 16.4. The SMILES string of the molecule is C[C@H](CCC(=O)NC1CCCCC1)C(=O)O. The topological polar surface area (TPSA) is 66.4 Å². The second-order valence-electron chi connectivity index (χ2n) is 4.68. The highest BCUT2D eigenvalue weighted by Crippen LogP contribution is 2.17. The molecular formula is C12H21NO3. The van der Waals surface area contributed by atoms with Gasteiger partial charge >= 0.3 is 5.97 Å². The molecule has 0 saturated heterocycles. The Bertz CT molecular complexity index is 247. The Morgan fingerprint density at radius 3 is 2.50 bits per heavy atom. The Morgan fingerprint density at radius 1 is 1.31 bits per heavy atom. The first-order valence-electron chi connectivity index (χ1n) is 6.11. The lowest BCUT2D eigenvalue weighted by Gasteiger charge is -2.22. The van der Waals surface area contributed by atoms with Crippen molar-refractivity contribution in [3.8, 4) is 0 Å². The molecule has 1 fully saturated rings. The van der Waals surface area contributed by atoms with Gasteiger partial charge in [0.1, 0.15) is 0 Å². The van der Waals surface area contributed by atoms with Crippen LogP contribution in [0, 0.1) is 5.92 Å². The lowest BCUT2D eigenvalue weighted by atomic mass is 9.95. The van der Waals surface area contributed by atoms with Crippen molar-refractivity contribution in [2.24, 2.45) is 5.92 Å². The fraction of sp³-hybridized carbons (Fsp3) is 0.833. The molecular weight excluding hydrogens is 206 g/mol. The molecule has 0 heterocycles. The molecule has 1 aliphatic rings. The molecule has 0 aliphatic heterocycles. The van der Waals surface area contributed by atoms with Crippen LogP contribution in [-0.4, -0.2) is 23.0 Å². The van der Waals surface area contributed by atoms with Crippen molar-refractivity contribution in [3.05, 3.63) is 0 Å². The molecule has 0 aromatic heterocycles. The van der Waals surface area contributed by atoms with Crippen molar-refractivity contribution in [1.29, 1.82) is 0 Å². The van der Waals surface area contributed by atoms with Crippen molar-refractivity contribution in [2.45, 2.75) is 57.9 Å². The largest absolute Gasteiger partial charge is 0.481 e. The third-order valence-electron chi connectivity index (χ3n) is 3.20. The first kappa shape index (κ1) is 13.0. The molecule has 0 spiro atoms. The summed E-state index contributed by atoms with van der Waals surface area (Å²) in [6, 6.07) is 0.321. The van der Waals surface area contributed by atoms with Crippen LogP contribution in [0.5, 0.6) is 0 Å². The van der Waals surface area contributed by atoms with Crippen LogP contribution in [0.3, 0.4) is 0 Å². The molecule has 16 heavy (non-hydrogen) atoms. The van der Waals surface area contributed by atoms with Gasteiger partial charge in [-0.25, -0.2) is 0 Å². The molecule has 0 unspecified atom stereocenters. The minimum Gasteiger partial charge on any atom is -0.481 e. The second-order valence-corrected chi connectivity index (χ2v) is 4.68. The van der Waals surface area contributed by atoms with Crippen molar-refractivity contribution < 1.29 is 14.7 Å². The Labute approximate surface area is 96.4 Å². The van der Waals surface area contributed by atoms with Crippen molar-refractivity contribution in [2.75, 3.05) is 0 Å². The maximum Gasteiger partial charge on any atom is 0.306 e. The number of aliphatic carboxylic acids is 1. The summed E-state index contributed by atoms with van der Waals surface area (Å²) in [5, 5.41) is 11.7. The second kappa shape index (κ2) is 6.51. The summed E-state index contributed by atoms with van der Waals surface area (Å²) in [4.78, 5) is 22.1. The number of carbonyl (C=O) groups excluding carboxylic acids is 1. The summed E-state index contributed by atoms with van der Waals surface area (Å²) in [5.74, 6) is -1.26. The van der Waals surface area contributed by atoms with E-state index >= 15 is 0 Å². The lowest BCUT2D eigenvalue weighted by molar-refractivity contribution is -0.141. The summed E-state index contributed by atoms with van der Waals surface area (Å²) in [6.45, 7) is 1.64. The van der Waals surface area contributed by atoms with E-state index in [1.54, 1.807) is 6.92 Å². The highest BCUT2D eigenvalue weighted by Gasteiger charge is 2.17. The summed E-state index contributed by atoms with van der Waals surface area (Å²) >= 11 is 0. The van der Waals surface area contributed by atoms with Gasteiger partial charge < -0.3 is 10.4 Å². The molecule has 1 amide bonds. The molecule has 0 aromatic carbocycles. The number of amides is 1. The van der Waals surface area contributed by atoms with E-state index in [4.69, 9.17) is 5.11 Å². The van der Waals surface area contributed by atoms with E-state index in [1.165, 1.54) is 19.3 Å². The van der Waals surface area contributed by atoms with Crippen LogP contribution in [0.1, 0.15) is 51.9 Å². The van der Waals surface area contributed by atoms with Crippen LogP contribution in [0.2, 0.25) is 0 Å². The van der Waals surface area contributed by atoms with Gasteiger partial charge in [-0.05, 0) is 19.3 Å². The van der Waals surface area contributed by atoms with E-state index in [0.29, 0.717) is 18.9 Å². The molecule has 4 heteroatoms. The number of carboxylic acid groups (broad SMARTS) is 1. The van der Waals surface area contributed by atoms with Gasteiger partial charge in [0.15, 0.2) is 0 Å². The third-order valence-corrected chi connectivity index (χ3v) is 3.20. The Kier molecular flexibility index (Phi) is 5.29. The van der Waals surface area contributed by atoms with Crippen LogP contribution in [-0.2, 0) is 9.59 Å². The average Bonchev–Trinajstić information content (AvgIpc) is 2.27. The molecule has 1 saturated carbocycles. The first-order chi connectivity index (χ1) is 7.59.